The van der Waals surface area contributed by atoms with Gasteiger partial charge in [0, 0.05) is 26.9 Å². The van der Waals surface area contributed by atoms with Crippen LogP contribution in [0.1, 0.15) is 12.2 Å². The molecule has 0 radical (unpaired) electrons. The molecule has 1 N–H and O–H groups in total. The minimum Gasteiger partial charge on any atom is -0.469 e. The molecule has 0 saturated heterocycles. The summed E-state index contributed by atoms with van der Waals surface area (Å²) in [6.45, 7) is 0. The molecule has 8 nitrogen and oxygen atoms in total. The summed E-state index contributed by atoms with van der Waals surface area (Å²) < 4.78 is 7.47. The number of hydrogen-bond acceptors (Lipinski definition) is 5. The number of nitrogens with one attached hydrogen (secondary N) is 1. The summed E-state index contributed by atoms with van der Waals surface area (Å²) >= 11 is 0. The predicted molar refractivity (Wildman–Crippen MR) is 87.9 cm³/mol. The van der Waals surface area contributed by atoms with Crippen molar-refractivity contribution >= 4 is 22.6 Å². The number of carbonyl (C=O) groups excluding carboxylic acids is 1. The lowest BCUT2D eigenvalue weighted by Gasteiger charge is -2.09. The Kier molecular flexibility index (Phi) is 4.03. The summed E-state index contributed by atoms with van der Waals surface area (Å²) in [6.07, 6.45) is 3.71. The zero-order chi connectivity index (χ0) is 17.3. The summed E-state index contributed by atoms with van der Waals surface area (Å²) in [5.74, 6) is 0.514. The van der Waals surface area contributed by atoms with Crippen molar-refractivity contribution in [3.05, 3.63) is 57.3 Å². The van der Waals surface area contributed by atoms with Crippen LogP contribution in [0.5, 0.6) is 0 Å². The maximum Gasteiger partial charge on any atom is 0.332 e. The van der Waals surface area contributed by atoms with Gasteiger partial charge in [-0.15, -0.1) is 0 Å². The van der Waals surface area contributed by atoms with E-state index in [-0.39, 0.29) is 23.4 Å². The number of furan rings is 1. The van der Waals surface area contributed by atoms with Crippen LogP contribution in [0.25, 0.3) is 11.0 Å². The number of anilines is 1. The highest BCUT2D eigenvalue weighted by Crippen LogP contribution is 2.13. The van der Waals surface area contributed by atoms with Crippen LogP contribution in [0, 0.1) is 0 Å². The molecule has 3 heterocycles. The fraction of sp³-hybridized carbons (Fsp3) is 0.250. The Labute approximate surface area is 136 Å². The highest BCUT2D eigenvalue weighted by Gasteiger charge is 2.11. The van der Waals surface area contributed by atoms with Gasteiger partial charge in [-0.1, -0.05) is 0 Å². The van der Waals surface area contributed by atoms with Gasteiger partial charge in [0.1, 0.15) is 11.4 Å². The second-order valence-corrected chi connectivity index (χ2v) is 5.43. The van der Waals surface area contributed by atoms with Gasteiger partial charge in [0.15, 0.2) is 0 Å². The zero-order valence-electron chi connectivity index (χ0n) is 13.3. The molecule has 0 aliphatic carbocycles. The summed E-state index contributed by atoms with van der Waals surface area (Å²) in [4.78, 5) is 40.2. The molecule has 0 aromatic carbocycles. The second-order valence-electron chi connectivity index (χ2n) is 5.43. The minimum absolute atomic E-state index is 0.214. The molecule has 1 amide bonds. The number of pyridine rings is 1. The topological polar surface area (TPSA) is 99.1 Å². The van der Waals surface area contributed by atoms with Gasteiger partial charge in [-0.3, -0.25) is 18.7 Å². The third kappa shape index (κ3) is 2.85. The molecule has 3 aromatic rings. The number of carbonyl (C=O) groups is 1. The largest absolute Gasteiger partial charge is 0.469 e. The predicted octanol–water partition coefficient (Wildman–Crippen LogP) is 0.796. The summed E-state index contributed by atoms with van der Waals surface area (Å²) in [5.41, 5.74) is -0.220. The fourth-order valence-electron chi connectivity index (χ4n) is 2.45. The molecule has 0 aliphatic heterocycles. The highest BCUT2D eigenvalue weighted by molar-refractivity contribution is 5.92. The number of fused-ring (bicyclic) bond motifs is 1. The molecule has 0 fully saturated rings. The maximum atomic E-state index is 12.2. The van der Waals surface area contributed by atoms with E-state index in [0.29, 0.717) is 12.1 Å². The first-order valence-electron chi connectivity index (χ1n) is 7.35. The smallest absolute Gasteiger partial charge is 0.332 e. The second kappa shape index (κ2) is 6.15. The molecule has 0 saturated carbocycles. The molecule has 0 unspecified atom stereocenters. The van der Waals surface area contributed by atoms with Gasteiger partial charge < -0.3 is 9.73 Å². The van der Waals surface area contributed by atoms with Gasteiger partial charge in [-0.2, -0.15) is 0 Å². The van der Waals surface area contributed by atoms with Crippen LogP contribution in [-0.4, -0.2) is 20.0 Å². The first-order valence-corrected chi connectivity index (χ1v) is 7.35. The van der Waals surface area contributed by atoms with E-state index < -0.39 is 11.2 Å². The van der Waals surface area contributed by atoms with Gasteiger partial charge in [0.2, 0.25) is 5.91 Å². The molecule has 0 bridgehead atoms. The van der Waals surface area contributed by atoms with Crippen molar-refractivity contribution < 1.29 is 9.21 Å². The quantitative estimate of drug-likeness (QED) is 0.763. The maximum absolute atomic E-state index is 12.2. The average molecular weight is 328 g/mol. The standard InChI is InChI=1S/C16H16N4O4/c1-19-14-12(15(22)20(2)16(19)23)8-10(9-17-14)18-13(21)6-5-11-4-3-7-24-11/h3-4,7-9H,5-6H2,1-2H3,(H,18,21). The van der Waals surface area contributed by atoms with Crippen molar-refractivity contribution in [2.45, 2.75) is 12.8 Å². The van der Waals surface area contributed by atoms with Crippen molar-refractivity contribution in [3.63, 3.8) is 0 Å². The van der Waals surface area contributed by atoms with E-state index >= 15 is 0 Å². The minimum atomic E-state index is -0.452. The van der Waals surface area contributed by atoms with Gasteiger partial charge >= 0.3 is 5.69 Å². The Bertz CT molecular complexity index is 1010. The number of amides is 1. The SMILES string of the molecule is Cn1c(=O)c2cc(NC(=O)CCc3ccco3)cnc2n(C)c1=O. The summed E-state index contributed by atoms with van der Waals surface area (Å²) in [7, 11) is 2.94. The van der Waals surface area contributed by atoms with Gasteiger partial charge in [0.25, 0.3) is 5.56 Å². The lowest BCUT2D eigenvalue weighted by Crippen LogP contribution is -2.37. The van der Waals surface area contributed by atoms with Crippen LogP contribution >= 0.6 is 0 Å². The number of aromatic nitrogens is 3. The van der Waals surface area contributed by atoms with Crippen LogP contribution in [0.3, 0.4) is 0 Å². The van der Waals surface area contributed by atoms with Gasteiger partial charge in [0.05, 0.1) is 23.5 Å². The highest BCUT2D eigenvalue weighted by atomic mass is 16.3. The van der Waals surface area contributed by atoms with Crippen LogP contribution in [0.15, 0.2) is 44.7 Å². The van der Waals surface area contributed by atoms with Crippen LogP contribution in [-0.2, 0) is 25.3 Å². The average Bonchev–Trinajstić information content (AvgIpc) is 3.09. The van der Waals surface area contributed by atoms with Crippen LogP contribution in [0.2, 0.25) is 0 Å². The Morgan fingerprint density at radius 3 is 2.79 bits per heavy atom. The molecule has 0 atom stereocenters. The monoisotopic (exact) mass is 328 g/mol. The molecule has 24 heavy (non-hydrogen) atoms. The van der Waals surface area contributed by atoms with Crippen molar-refractivity contribution in [1.82, 2.24) is 14.1 Å². The van der Waals surface area contributed by atoms with E-state index in [1.807, 2.05) is 0 Å². The molecule has 3 rings (SSSR count). The molecule has 124 valence electrons. The molecular weight excluding hydrogens is 312 g/mol. The Balaban J connectivity index is 1.84. The normalized spacial score (nSPS) is 10.9. The first-order chi connectivity index (χ1) is 11.5. The summed E-state index contributed by atoms with van der Waals surface area (Å²) in [6, 6.07) is 5.09. The van der Waals surface area contributed by atoms with Crippen molar-refractivity contribution in [2.24, 2.45) is 14.1 Å². The number of aryl methyl sites for hydroxylation is 2. The van der Waals surface area contributed by atoms with E-state index in [1.54, 1.807) is 25.4 Å². The van der Waals surface area contributed by atoms with Crippen molar-refractivity contribution in [1.29, 1.82) is 0 Å². The molecule has 8 heteroatoms. The fourth-order valence-corrected chi connectivity index (χ4v) is 2.45. The number of rotatable bonds is 4. The van der Waals surface area contributed by atoms with E-state index in [1.165, 1.54) is 23.9 Å². The molecule has 0 spiro atoms. The lowest BCUT2D eigenvalue weighted by atomic mass is 10.2. The number of hydrogen-bond donors (Lipinski definition) is 1. The van der Waals surface area contributed by atoms with Crippen molar-refractivity contribution in [2.75, 3.05) is 5.32 Å². The summed E-state index contributed by atoms with van der Waals surface area (Å²) in [5, 5.41) is 2.97. The lowest BCUT2D eigenvalue weighted by molar-refractivity contribution is -0.116. The Morgan fingerprint density at radius 1 is 1.29 bits per heavy atom. The van der Waals surface area contributed by atoms with E-state index in [0.717, 1.165) is 10.3 Å². The number of nitrogens with zero attached hydrogens (tertiary/aromatic N) is 3. The van der Waals surface area contributed by atoms with Crippen LogP contribution < -0.4 is 16.6 Å². The van der Waals surface area contributed by atoms with E-state index in [9.17, 15) is 14.4 Å². The van der Waals surface area contributed by atoms with Crippen molar-refractivity contribution in [3.8, 4) is 0 Å². The third-order valence-corrected chi connectivity index (χ3v) is 3.76. The third-order valence-electron chi connectivity index (χ3n) is 3.76. The Hall–Kier alpha value is -3.16. The van der Waals surface area contributed by atoms with Gasteiger partial charge in [-0.25, -0.2) is 9.78 Å². The molecule has 3 aromatic heterocycles. The molecule has 0 aliphatic rings. The van der Waals surface area contributed by atoms with Gasteiger partial charge in [-0.05, 0) is 18.2 Å². The molecular formula is C16H16N4O4. The zero-order valence-corrected chi connectivity index (χ0v) is 13.3. The van der Waals surface area contributed by atoms with E-state index in [2.05, 4.69) is 10.3 Å². The van der Waals surface area contributed by atoms with E-state index in [4.69, 9.17) is 4.42 Å². The Morgan fingerprint density at radius 2 is 2.08 bits per heavy atom. The van der Waals surface area contributed by atoms with Crippen LogP contribution in [0.4, 0.5) is 5.69 Å². The first kappa shape index (κ1) is 15.7.